The lowest BCUT2D eigenvalue weighted by Crippen LogP contribution is -2.52. The number of likely N-dealkylation sites (tertiary alicyclic amines) is 1. The molecule has 1 aliphatic rings. The third kappa shape index (κ3) is 3.70. The number of piperidine rings is 1. The summed E-state index contributed by atoms with van der Waals surface area (Å²) >= 11 is 0. The second-order valence-electron chi connectivity index (χ2n) is 5.24. The van der Waals surface area contributed by atoms with Gasteiger partial charge in [0.05, 0.1) is 0 Å². The van der Waals surface area contributed by atoms with Crippen LogP contribution in [-0.2, 0) is 9.59 Å². The molecule has 104 valence electrons. The Morgan fingerprint density at radius 2 is 2.06 bits per heavy atom. The van der Waals surface area contributed by atoms with Crippen molar-refractivity contribution in [2.75, 3.05) is 13.1 Å². The number of hydrogen-bond acceptors (Lipinski definition) is 3. The van der Waals surface area contributed by atoms with Gasteiger partial charge in [-0.3, -0.25) is 9.59 Å². The van der Waals surface area contributed by atoms with Crippen molar-refractivity contribution in [2.24, 2.45) is 11.7 Å². The Balaban J connectivity index is 2.52. The highest BCUT2D eigenvalue weighted by molar-refractivity contribution is 5.88. The minimum absolute atomic E-state index is 0.0137. The Morgan fingerprint density at radius 1 is 1.39 bits per heavy atom. The van der Waals surface area contributed by atoms with Crippen LogP contribution in [0.3, 0.4) is 0 Å². The summed E-state index contributed by atoms with van der Waals surface area (Å²) in [5.74, 6) is -0.387. The number of carbonyl (C=O) groups is 2. The van der Waals surface area contributed by atoms with E-state index in [4.69, 9.17) is 5.73 Å². The number of hydrogen-bond donors (Lipinski definition) is 2. The summed E-state index contributed by atoms with van der Waals surface area (Å²) in [7, 11) is 0. The molecular weight excluding hydrogens is 230 g/mol. The second-order valence-corrected chi connectivity index (χ2v) is 5.24. The van der Waals surface area contributed by atoms with Gasteiger partial charge in [0.2, 0.25) is 11.8 Å². The van der Waals surface area contributed by atoms with Crippen molar-refractivity contribution in [2.45, 2.75) is 52.1 Å². The van der Waals surface area contributed by atoms with Gasteiger partial charge in [-0.1, -0.05) is 6.92 Å². The van der Waals surface area contributed by atoms with Crippen LogP contribution in [0.15, 0.2) is 0 Å². The SMILES string of the molecule is CC(CN)C(=O)NC(C)C(=O)N1CCCCC1C. The van der Waals surface area contributed by atoms with Gasteiger partial charge in [-0.15, -0.1) is 0 Å². The molecule has 0 aliphatic carbocycles. The number of rotatable bonds is 4. The highest BCUT2D eigenvalue weighted by Crippen LogP contribution is 2.17. The number of carbonyl (C=O) groups excluding carboxylic acids is 2. The lowest BCUT2D eigenvalue weighted by atomic mass is 10.0. The van der Waals surface area contributed by atoms with Crippen molar-refractivity contribution < 1.29 is 9.59 Å². The molecule has 2 amide bonds. The fraction of sp³-hybridized carbons (Fsp3) is 0.846. The molecule has 3 atom stereocenters. The van der Waals surface area contributed by atoms with Gasteiger partial charge >= 0.3 is 0 Å². The molecule has 0 saturated carbocycles. The van der Waals surface area contributed by atoms with E-state index in [9.17, 15) is 9.59 Å². The predicted octanol–water partition coefficient (Wildman–Crippen LogP) is 0.487. The maximum Gasteiger partial charge on any atom is 0.245 e. The minimum atomic E-state index is -0.466. The van der Waals surface area contributed by atoms with Crippen LogP contribution in [0.1, 0.15) is 40.0 Å². The highest BCUT2D eigenvalue weighted by Gasteiger charge is 2.28. The maximum atomic E-state index is 12.2. The van der Waals surface area contributed by atoms with Crippen LogP contribution < -0.4 is 11.1 Å². The zero-order valence-corrected chi connectivity index (χ0v) is 11.6. The molecule has 0 spiro atoms. The van der Waals surface area contributed by atoms with Gasteiger partial charge in [-0.05, 0) is 33.1 Å². The number of nitrogens with two attached hydrogens (primary N) is 1. The van der Waals surface area contributed by atoms with E-state index in [0.29, 0.717) is 6.54 Å². The molecule has 0 bridgehead atoms. The van der Waals surface area contributed by atoms with E-state index in [2.05, 4.69) is 12.2 Å². The van der Waals surface area contributed by atoms with Crippen molar-refractivity contribution >= 4 is 11.8 Å². The van der Waals surface area contributed by atoms with Crippen LogP contribution in [0.4, 0.5) is 0 Å². The molecule has 1 fully saturated rings. The van der Waals surface area contributed by atoms with E-state index in [0.717, 1.165) is 19.4 Å². The van der Waals surface area contributed by atoms with Gasteiger partial charge in [-0.25, -0.2) is 0 Å². The smallest absolute Gasteiger partial charge is 0.245 e. The van der Waals surface area contributed by atoms with Crippen LogP contribution in [0, 0.1) is 5.92 Å². The van der Waals surface area contributed by atoms with Gasteiger partial charge in [0.25, 0.3) is 0 Å². The molecule has 0 radical (unpaired) electrons. The molecular formula is C13H25N3O2. The summed E-state index contributed by atoms with van der Waals surface area (Å²) in [5.41, 5.74) is 5.43. The molecule has 1 rings (SSSR count). The van der Waals surface area contributed by atoms with Crippen molar-refractivity contribution in [1.29, 1.82) is 0 Å². The zero-order valence-electron chi connectivity index (χ0n) is 11.6. The van der Waals surface area contributed by atoms with Crippen molar-refractivity contribution in [3.63, 3.8) is 0 Å². The first-order valence-corrected chi connectivity index (χ1v) is 6.78. The molecule has 3 N–H and O–H groups in total. The summed E-state index contributed by atoms with van der Waals surface area (Å²) in [6.07, 6.45) is 3.28. The van der Waals surface area contributed by atoms with Crippen molar-refractivity contribution in [1.82, 2.24) is 10.2 Å². The Hall–Kier alpha value is -1.10. The van der Waals surface area contributed by atoms with Gasteiger partial charge in [0, 0.05) is 25.0 Å². The quantitative estimate of drug-likeness (QED) is 0.767. The average Bonchev–Trinajstić information content (AvgIpc) is 2.37. The normalized spacial score (nSPS) is 23.3. The summed E-state index contributed by atoms with van der Waals surface area (Å²) in [5, 5.41) is 2.74. The fourth-order valence-electron chi connectivity index (χ4n) is 2.20. The molecule has 1 aliphatic heterocycles. The van der Waals surface area contributed by atoms with E-state index in [1.807, 2.05) is 4.90 Å². The second kappa shape index (κ2) is 6.73. The molecule has 5 nitrogen and oxygen atoms in total. The molecule has 3 unspecified atom stereocenters. The average molecular weight is 255 g/mol. The van der Waals surface area contributed by atoms with Crippen LogP contribution in [0.2, 0.25) is 0 Å². The number of nitrogens with zero attached hydrogens (tertiary/aromatic N) is 1. The molecule has 5 heteroatoms. The lowest BCUT2D eigenvalue weighted by molar-refractivity contribution is -0.139. The number of amides is 2. The van der Waals surface area contributed by atoms with E-state index in [1.165, 1.54) is 6.42 Å². The monoisotopic (exact) mass is 255 g/mol. The molecule has 1 saturated heterocycles. The van der Waals surface area contributed by atoms with E-state index in [1.54, 1.807) is 13.8 Å². The third-order valence-electron chi connectivity index (χ3n) is 3.62. The number of nitrogens with one attached hydrogen (secondary N) is 1. The zero-order chi connectivity index (χ0) is 13.7. The fourth-order valence-corrected chi connectivity index (χ4v) is 2.20. The first-order chi connectivity index (χ1) is 8.47. The van der Waals surface area contributed by atoms with Crippen LogP contribution in [-0.4, -0.2) is 41.9 Å². The molecule has 18 heavy (non-hydrogen) atoms. The predicted molar refractivity (Wildman–Crippen MR) is 70.8 cm³/mol. The molecule has 1 heterocycles. The summed E-state index contributed by atoms with van der Waals surface area (Å²) in [4.78, 5) is 25.8. The van der Waals surface area contributed by atoms with Crippen LogP contribution in [0.25, 0.3) is 0 Å². The topological polar surface area (TPSA) is 75.4 Å². The first-order valence-electron chi connectivity index (χ1n) is 6.78. The Morgan fingerprint density at radius 3 is 2.61 bits per heavy atom. The first kappa shape index (κ1) is 15.0. The minimum Gasteiger partial charge on any atom is -0.344 e. The van der Waals surface area contributed by atoms with Gasteiger partial charge < -0.3 is 16.0 Å². The van der Waals surface area contributed by atoms with E-state index >= 15 is 0 Å². The summed E-state index contributed by atoms with van der Waals surface area (Å²) in [6, 6.07) is -0.190. The van der Waals surface area contributed by atoms with E-state index < -0.39 is 6.04 Å². The lowest BCUT2D eigenvalue weighted by Gasteiger charge is -2.35. The summed E-state index contributed by atoms with van der Waals surface area (Å²) in [6.45, 7) is 6.66. The molecule has 0 aromatic heterocycles. The largest absolute Gasteiger partial charge is 0.344 e. The Kier molecular flexibility index (Phi) is 5.59. The van der Waals surface area contributed by atoms with Crippen molar-refractivity contribution in [3.8, 4) is 0 Å². The third-order valence-corrected chi connectivity index (χ3v) is 3.62. The molecule has 0 aromatic rings. The summed E-state index contributed by atoms with van der Waals surface area (Å²) < 4.78 is 0. The Labute approximate surface area is 109 Å². The van der Waals surface area contributed by atoms with Crippen LogP contribution >= 0.6 is 0 Å². The van der Waals surface area contributed by atoms with Crippen LogP contribution in [0.5, 0.6) is 0 Å². The Bertz CT molecular complexity index is 307. The maximum absolute atomic E-state index is 12.2. The van der Waals surface area contributed by atoms with Crippen molar-refractivity contribution in [3.05, 3.63) is 0 Å². The highest BCUT2D eigenvalue weighted by atomic mass is 16.2. The standard InChI is InChI=1S/C13H25N3O2/c1-9(8-14)12(17)15-11(3)13(18)16-7-5-4-6-10(16)2/h9-11H,4-8,14H2,1-3H3,(H,15,17). The van der Waals surface area contributed by atoms with Gasteiger partial charge in [-0.2, -0.15) is 0 Å². The van der Waals surface area contributed by atoms with Gasteiger partial charge in [0.1, 0.15) is 6.04 Å². The van der Waals surface area contributed by atoms with Gasteiger partial charge in [0.15, 0.2) is 0 Å². The molecule has 0 aromatic carbocycles. The van der Waals surface area contributed by atoms with E-state index in [-0.39, 0.29) is 23.8 Å².